The van der Waals surface area contributed by atoms with Gasteiger partial charge in [0, 0.05) is 18.7 Å². The van der Waals surface area contributed by atoms with Gasteiger partial charge in [0.15, 0.2) is 0 Å². The quantitative estimate of drug-likeness (QED) is 0.405. The normalized spacial score (nSPS) is 19.7. The van der Waals surface area contributed by atoms with E-state index in [1.165, 1.54) is 0 Å². The van der Waals surface area contributed by atoms with Crippen molar-refractivity contribution >= 4 is 17.6 Å². The van der Waals surface area contributed by atoms with Gasteiger partial charge in [0.05, 0.1) is 24.5 Å². The number of nitrogens with zero attached hydrogens (tertiary/aromatic N) is 1. The van der Waals surface area contributed by atoms with Gasteiger partial charge in [-0.3, -0.25) is 4.79 Å². The summed E-state index contributed by atoms with van der Waals surface area (Å²) in [6.07, 6.45) is 0. The molecule has 0 spiro atoms. The summed E-state index contributed by atoms with van der Waals surface area (Å²) >= 11 is 0. The van der Waals surface area contributed by atoms with E-state index in [4.69, 9.17) is 9.47 Å². The van der Waals surface area contributed by atoms with Gasteiger partial charge in [-0.2, -0.15) is 0 Å². The summed E-state index contributed by atoms with van der Waals surface area (Å²) in [4.78, 5) is 29.8. The first-order valence-electron chi connectivity index (χ1n) is 12.2. The highest BCUT2D eigenvalue weighted by molar-refractivity contribution is 6.04. The fraction of sp³-hybridized carbons (Fsp3) is 0.226. The standard InChI is InChI=1S/C31H31NO4/c1-5-35-29(33)26-27(23-16-10-7-11-17-23)31(30(34)36-6-2,25-20-14-9-15-21-25)22(3)32(4)28(26)24-18-12-8-13-19-24/h7-21,27H,3,5-6H2,1-2,4H3/t27-,31-/m0/s1. The molecule has 36 heavy (non-hydrogen) atoms. The van der Waals surface area contributed by atoms with E-state index >= 15 is 0 Å². The Kier molecular flexibility index (Phi) is 7.39. The fourth-order valence-electron chi connectivity index (χ4n) is 5.16. The maximum Gasteiger partial charge on any atom is 0.336 e. The van der Waals surface area contributed by atoms with Crippen LogP contribution in [0, 0.1) is 0 Å². The number of benzene rings is 3. The molecule has 0 N–H and O–H groups in total. The zero-order chi connectivity index (χ0) is 25.7. The first kappa shape index (κ1) is 25.0. The molecule has 0 saturated carbocycles. The van der Waals surface area contributed by atoms with E-state index < -0.39 is 23.3 Å². The number of hydrogen-bond donors (Lipinski definition) is 0. The number of ether oxygens (including phenoxy) is 2. The number of hydrogen-bond acceptors (Lipinski definition) is 5. The molecule has 4 rings (SSSR count). The van der Waals surface area contributed by atoms with Crippen LogP contribution in [-0.4, -0.2) is 37.1 Å². The number of carbonyl (C=O) groups is 2. The molecule has 184 valence electrons. The van der Waals surface area contributed by atoms with Crippen molar-refractivity contribution in [2.45, 2.75) is 25.2 Å². The molecule has 0 radical (unpaired) electrons. The summed E-state index contributed by atoms with van der Waals surface area (Å²) in [5.41, 5.74) is 2.49. The molecular formula is C31H31NO4. The predicted octanol–water partition coefficient (Wildman–Crippen LogP) is 5.70. The van der Waals surface area contributed by atoms with Gasteiger partial charge in [0.25, 0.3) is 0 Å². The lowest BCUT2D eigenvalue weighted by molar-refractivity contribution is -0.150. The number of likely N-dealkylation sites (N-methyl/N-ethyl adjacent to an activating group) is 1. The van der Waals surface area contributed by atoms with Crippen molar-refractivity contribution in [1.29, 1.82) is 0 Å². The molecule has 5 heteroatoms. The molecule has 3 aromatic rings. The summed E-state index contributed by atoms with van der Waals surface area (Å²) in [5, 5.41) is 0. The Morgan fingerprint density at radius 2 is 1.36 bits per heavy atom. The van der Waals surface area contributed by atoms with Gasteiger partial charge in [-0.25, -0.2) is 4.79 Å². The molecule has 0 amide bonds. The molecule has 3 aromatic carbocycles. The fourth-order valence-corrected chi connectivity index (χ4v) is 5.16. The van der Waals surface area contributed by atoms with E-state index in [-0.39, 0.29) is 13.2 Å². The van der Waals surface area contributed by atoms with Crippen molar-refractivity contribution in [2.24, 2.45) is 0 Å². The molecule has 1 aliphatic rings. The number of carbonyl (C=O) groups excluding carboxylic acids is 2. The highest BCUT2D eigenvalue weighted by atomic mass is 16.5. The van der Waals surface area contributed by atoms with Gasteiger partial charge in [0.2, 0.25) is 0 Å². The first-order valence-corrected chi connectivity index (χ1v) is 12.2. The van der Waals surface area contributed by atoms with Crippen LogP contribution in [0.1, 0.15) is 36.5 Å². The number of esters is 2. The average Bonchev–Trinajstić information content (AvgIpc) is 2.91. The molecular weight excluding hydrogens is 450 g/mol. The van der Waals surface area contributed by atoms with Gasteiger partial charge < -0.3 is 14.4 Å². The smallest absolute Gasteiger partial charge is 0.336 e. The second-order valence-corrected chi connectivity index (χ2v) is 8.59. The van der Waals surface area contributed by atoms with E-state index in [1.807, 2.05) is 103 Å². The summed E-state index contributed by atoms with van der Waals surface area (Å²) < 4.78 is 11.4. The van der Waals surface area contributed by atoms with Crippen LogP contribution >= 0.6 is 0 Å². The minimum atomic E-state index is -1.40. The molecule has 0 aromatic heterocycles. The summed E-state index contributed by atoms with van der Waals surface area (Å²) in [6, 6.07) is 28.7. The minimum absolute atomic E-state index is 0.190. The van der Waals surface area contributed by atoms with E-state index in [2.05, 4.69) is 6.58 Å². The van der Waals surface area contributed by atoms with Crippen LogP contribution in [0.4, 0.5) is 0 Å². The van der Waals surface area contributed by atoms with Crippen LogP contribution in [0.3, 0.4) is 0 Å². The lowest BCUT2D eigenvalue weighted by Gasteiger charge is -2.49. The summed E-state index contributed by atoms with van der Waals surface area (Å²) in [7, 11) is 1.84. The van der Waals surface area contributed by atoms with Crippen molar-refractivity contribution in [3.8, 4) is 0 Å². The minimum Gasteiger partial charge on any atom is -0.465 e. The molecule has 1 heterocycles. The average molecular weight is 482 g/mol. The Morgan fingerprint density at radius 1 is 0.833 bits per heavy atom. The largest absolute Gasteiger partial charge is 0.465 e. The highest BCUT2D eigenvalue weighted by Crippen LogP contribution is 2.56. The van der Waals surface area contributed by atoms with Crippen LogP contribution in [0.15, 0.2) is 109 Å². The van der Waals surface area contributed by atoms with Crippen LogP contribution < -0.4 is 0 Å². The van der Waals surface area contributed by atoms with Crippen LogP contribution in [-0.2, 0) is 24.5 Å². The van der Waals surface area contributed by atoms with Crippen molar-refractivity contribution in [2.75, 3.05) is 20.3 Å². The van der Waals surface area contributed by atoms with Crippen molar-refractivity contribution < 1.29 is 19.1 Å². The monoisotopic (exact) mass is 481 g/mol. The van der Waals surface area contributed by atoms with E-state index in [0.29, 0.717) is 22.5 Å². The number of rotatable bonds is 7. The second-order valence-electron chi connectivity index (χ2n) is 8.59. The molecule has 5 nitrogen and oxygen atoms in total. The SMILES string of the molecule is C=C1N(C)C(c2ccccc2)=C(C(=O)OCC)[C@H](c2ccccc2)[C@@]1(C(=O)OCC)c1ccccc1. The van der Waals surface area contributed by atoms with Crippen molar-refractivity contribution in [1.82, 2.24) is 4.90 Å². The Labute approximate surface area is 212 Å². The third-order valence-electron chi connectivity index (χ3n) is 6.67. The summed E-state index contributed by atoms with van der Waals surface area (Å²) in [5.74, 6) is -1.68. The van der Waals surface area contributed by atoms with E-state index in [1.54, 1.807) is 13.8 Å². The molecule has 0 saturated heterocycles. The van der Waals surface area contributed by atoms with E-state index in [9.17, 15) is 9.59 Å². The maximum absolute atomic E-state index is 14.1. The van der Waals surface area contributed by atoms with Crippen LogP contribution in [0.25, 0.3) is 5.70 Å². The molecule has 0 unspecified atom stereocenters. The molecule has 0 bridgehead atoms. The first-order chi connectivity index (χ1) is 17.5. The Hall–Kier alpha value is -4.12. The van der Waals surface area contributed by atoms with E-state index in [0.717, 1.165) is 11.1 Å². The van der Waals surface area contributed by atoms with Crippen molar-refractivity contribution in [3.05, 3.63) is 126 Å². The van der Waals surface area contributed by atoms with Gasteiger partial charge in [-0.15, -0.1) is 0 Å². The Bertz CT molecular complexity index is 1270. The van der Waals surface area contributed by atoms with Gasteiger partial charge in [-0.1, -0.05) is 97.6 Å². The van der Waals surface area contributed by atoms with Crippen LogP contribution in [0.2, 0.25) is 0 Å². The Balaban J connectivity index is 2.18. The third kappa shape index (κ3) is 4.11. The van der Waals surface area contributed by atoms with Crippen molar-refractivity contribution in [3.63, 3.8) is 0 Å². The van der Waals surface area contributed by atoms with Gasteiger partial charge in [-0.05, 0) is 30.5 Å². The predicted molar refractivity (Wildman–Crippen MR) is 141 cm³/mol. The maximum atomic E-state index is 14.1. The molecule has 2 atom stereocenters. The summed E-state index contributed by atoms with van der Waals surface area (Å²) in [6.45, 7) is 8.41. The van der Waals surface area contributed by atoms with Crippen LogP contribution in [0.5, 0.6) is 0 Å². The lowest BCUT2D eigenvalue weighted by atomic mass is 9.60. The lowest BCUT2D eigenvalue weighted by Crippen LogP contribution is -2.53. The Morgan fingerprint density at radius 3 is 1.92 bits per heavy atom. The topological polar surface area (TPSA) is 55.8 Å². The zero-order valence-corrected chi connectivity index (χ0v) is 20.9. The third-order valence-corrected chi connectivity index (χ3v) is 6.67. The zero-order valence-electron chi connectivity index (χ0n) is 20.9. The molecule has 0 aliphatic carbocycles. The molecule has 1 aliphatic heterocycles. The highest BCUT2D eigenvalue weighted by Gasteiger charge is 2.59. The second kappa shape index (κ2) is 10.6. The molecule has 0 fully saturated rings. The van der Waals surface area contributed by atoms with Gasteiger partial charge in [0.1, 0.15) is 5.41 Å². The van der Waals surface area contributed by atoms with Gasteiger partial charge >= 0.3 is 11.9 Å².